The number of nitrogens with zero attached hydrogens (tertiary/aromatic N) is 3. The van der Waals surface area contributed by atoms with E-state index in [9.17, 15) is 0 Å². The van der Waals surface area contributed by atoms with Crippen LogP contribution in [0.4, 0.5) is 11.4 Å². The number of hydrogen-bond donors (Lipinski definition) is 3. The molecule has 0 fully saturated rings. The molecule has 2 heterocycles. The minimum atomic E-state index is -1.50. The highest BCUT2D eigenvalue weighted by atomic mass is 32.2. The predicted octanol–water partition coefficient (Wildman–Crippen LogP) is 4.91. The highest BCUT2D eigenvalue weighted by molar-refractivity contribution is 7.99. The van der Waals surface area contributed by atoms with Crippen LogP contribution in [0.25, 0.3) is 0 Å². The summed E-state index contributed by atoms with van der Waals surface area (Å²) in [6.07, 6.45) is 5.38. The smallest absolute Gasteiger partial charge is 0.291 e. The van der Waals surface area contributed by atoms with E-state index in [1.165, 1.54) is 9.77 Å². The van der Waals surface area contributed by atoms with Crippen molar-refractivity contribution in [2.24, 2.45) is 0 Å². The Kier molecular flexibility index (Phi) is 9.93. The summed E-state index contributed by atoms with van der Waals surface area (Å²) >= 11 is 3.61. The summed E-state index contributed by atoms with van der Waals surface area (Å²) in [4.78, 5) is 15.5. The maximum absolute atomic E-state index is 8.36. The molecule has 186 valence electrons. The Morgan fingerprint density at radius 3 is 2.54 bits per heavy atom. The molecular formula is C24H29N5O4S2. The van der Waals surface area contributed by atoms with E-state index >= 15 is 0 Å². The lowest BCUT2D eigenvalue weighted by molar-refractivity contribution is -0.742. The molecule has 0 bridgehead atoms. The highest BCUT2D eigenvalue weighted by Gasteiger charge is 2.21. The molecular weight excluding hydrogens is 486 g/mol. The summed E-state index contributed by atoms with van der Waals surface area (Å²) in [5.74, 6) is 1.79. The summed E-state index contributed by atoms with van der Waals surface area (Å²) in [6, 6.07) is 20.2. The number of benzene rings is 2. The third-order valence-corrected chi connectivity index (χ3v) is 7.08. The van der Waals surface area contributed by atoms with Crippen molar-refractivity contribution < 1.29 is 15.0 Å². The molecule has 2 aromatic carbocycles. The summed E-state index contributed by atoms with van der Waals surface area (Å²) in [6.45, 7) is 2.68. The molecule has 3 aromatic rings. The molecule has 1 unspecified atom stereocenters. The van der Waals surface area contributed by atoms with Crippen LogP contribution in [0.15, 0.2) is 83.3 Å². The van der Waals surface area contributed by atoms with Gasteiger partial charge >= 0.3 is 0 Å². The minimum absolute atomic E-state index is 0.0934. The number of rotatable bonds is 10. The topological polar surface area (TPSA) is 131 Å². The molecule has 1 aliphatic rings. The van der Waals surface area contributed by atoms with Crippen molar-refractivity contribution in [2.45, 2.75) is 17.4 Å². The lowest BCUT2D eigenvalue weighted by Gasteiger charge is -2.26. The zero-order valence-corrected chi connectivity index (χ0v) is 20.7. The number of nitrogens with two attached hydrogens (primary N) is 2. The van der Waals surface area contributed by atoms with Crippen molar-refractivity contribution in [3.05, 3.63) is 93.4 Å². The minimum Gasteiger partial charge on any atom is -0.481 e. The number of ether oxygens (including phenoxy) is 1. The van der Waals surface area contributed by atoms with Gasteiger partial charge in [-0.25, -0.2) is 0 Å². The van der Waals surface area contributed by atoms with Gasteiger partial charge in [-0.15, -0.1) is 33.2 Å². The quantitative estimate of drug-likeness (QED) is 0.113. The van der Waals surface area contributed by atoms with E-state index in [0.29, 0.717) is 17.1 Å². The van der Waals surface area contributed by atoms with Crippen LogP contribution in [0.3, 0.4) is 0 Å². The molecule has 1 atom stereocenters. The van der Waals surface area contributed by atoms with Crippen LogP contribution in [0, 0.1) is 10.1 Å². The summed E-state index contributed by atoms with van der Waals surface area (Å²) in [5, 5.41) is 15.7. The molecule has 11 heteroatoms. The molecule has 1 aliphatic heterocycles. The Morgan fingerprint density at radius 1 is 1.11 bits per heavy atom. The molecule has 35 heavy (non-hydrogen) atoms. The second-order valence-electron chi connectivity index (χ2n) is 7.70. The molecule has 9 nitrogen and oxygen atoms in total. The number of nitrogen functional groups attached to an aromatic ring is 2. The van der Waals surface area contributed by atoms with Crippen LogP contribution in [0.5, 0.6) is 5.75 Å². The zero-order valence-electron chi connectivity index (χ0n) is 19.1. The average molecular weight is 516 g/mol. The monoisotopic (exact) mass is 515 g/mol. The van der Waals surface area contributed by atoms with E-state index in [1.807, 2.05) is 23.9 Å². The van der Waals surface area contributed by atoms with Gasteiger partial charge in [0.25, 0.3) is 5.09 Å². The maximum Gasteiger partial charge on any atom is 0.291 e. The Morgan fingerprint density at radius 2 is 1.86 bits per heavy atom. The molecule has 0 saturated carbocycles. The van der Waals surface area contributed by atoms with E-state index in [2.05, 4.69) is 70.0 Å². The lowest BCUT2D eigenvalue weighted by Crippen LogP contribution is -2.31. The molecule has 0 spiro atoms. The van der Waals surface area contributed by atoms with Crippen molar-refractivity contribution in [3.8, 4) is 5.75 Å². The first kappa shape index (κ1) is 26.0. The molecule has 0 saturated heterocycles. The van der Waals surface area contributed by atoms with Gasteiger partial charge in [-0.3, -0.25) is 0 Å². The first-order valence-corrected chi connectivity index (χ1v) is 12.8. The van der Waals surface area contributed by atoms with Crippen molar-refractivity contribution in [2.75, 3.05) is 37.0 Å². The first-order valence-electron chi connectivity index (χ1n) is 10.9. The van der Waals surface area contributed by atoms with Gasteiger partial charge in [0.1, 0.15) is 5.75 Å². The fraction of sp³-hybridized carbons (Fsp3) is 0.250. The standard InChI is InChI=1S/C24H28N4OS2.HNO3/c25-19-9-10-22(21(26)16-19)29-23(24-8-4-14-31-24)17-28-13-12-27(18-28)11-5-15-30-20-6-2-1-3-7-20;2-1(3)4/h1-4,6-10,12-14,16,23H,5,11,15,17-18,25-26H2;(H,2,3,4). The number of anilines is 2. The van der Waals surface area contributed by atoms with E-state index in [4.69, 9.17) is 31.5 Å². The van der Waals surface area contributed by atoms with Gasteiger partial charge in [-0.1, -0.05) is 24.3 Å². The van der Waals surface area contributed by atoms with Gasteiger partial charge in [0.15, 0.2) is 6.10 Å². The average Bonchev–Trinajstić information content (AvgIpc) is 3.51. The third kappa shape index (κ3) is 8.95. The van der Waals surface area contributed by atoms with Crippen molar-refractivity contribution >= 4 is 34.5 Å². The number of thiophene rings is 1. The second-order valence-corrected chi connectivity index (χ2v) is 9.84. The van der Waals surface area contributed by atoms with Crippen molar-refractivity contribution in [1.29, 1.82) is 0 Å². The van der Waals surface area contributed by atoms with E-state index in [-0.39, 0.29) is 6.10 Å². The Bertz CT molecular complexity index is 1080. The fourth-order valence-electron chi connectivity index (χ4n) is 3.45. The SMILES string of the molecule is Nc1ccc(OC(CN2C=CN(CCCSc3ccccc3)C2)c2cccs2)c(N)c1.O=[N+]([O-])O. The lowest BCUT2D eigenvalue weighted by atomic mass is 10.2. The van der Waals surface area contributed by atoms with E-state index < -0.39 is 5.09 Å². The van der Waals surface area contributed by atoms with Crippen LogP contribution < -0.4 is 16.2 Å². The van der Waals surface area contributed by atoms with Gasteiger partial charge in [0.05, 0.1) is 18.9 Å². The van der Waals surface area contributed by atoms with Gasteiger partial charge < -0.3 is 31.2 Å². The molecule has 0 radical (unpaired) electrons. The summed E-state index contributed by atoms with van der Waals surface area (Å²) in [7, 11) is 0. The Balaban J connectivity index is 0.000000795. The van der Waals surface area contributed by atoms with Gasteiger partial charge in [0.2, 0.25) is 0 Å². The van der Waals surface area contributed by atoms with Crippen molar-refractivity contribution in [3.63, 3.8) is 0 Å². The van der Waals surface area contributed by atoms with Gasteiger partial charge in [-0.2, -0.15) is 0 Å². The van der Waals surface area contributed by atoms with Crippen LogP contribution in [-0.4, -0.2) is 45.6 Å². The largest absolute Gasteiger partial charge is 0.481 e. The van der Waals surface area contributed by atoms with Crippen LogP contribution in [-0.2, 0) is 0 Å². The van der Waals surface area contributed by atoms with Crippen molar-refractivity contribution in [1.82, 2.24) is 9.80 Å². The molecule has 0 aliphatic carbocycles. The van der Waals surface area contributed by atoms with Crippen LogP contribution in [0.2, 0.25) is 0 Å². The molecule has 0 amide bonds. The van der Waals surface area contributed by atoms with Crippen LogP contribution >= 0.6 is 23.1 Å². The number of hydrogen-bond acceptors (Lipinski definition) is 9. The molecule has 1 aromatic heterocycles. The van der Waals surface area contributed by atoms with Crippen LogP contribution in [0.1, 0.15) is 17.4 Å². The third-order valence-electron chi connectivity index (χ3n) is 5.02. The van der Waals surface area contributed by atoms with Gasteiger partial charge in [-0.05, 0) is 54.0 Å². The fourth-order valence-corrected chi connectivity index (χ4v) is 5.06. The van der Waals surface area contributed by atoms with E-state index in [0.717, 1.165) is 31.9 Å². The maximum atomic E-state index is 8.36. The summed E-state index contributed by atoms with van der Waals surface area (Å²) < 4.78 is 6.32. The zero-order chi connectivity index (χ0) is 25.0. The number of thioether (sulfide) groups is 1. The predicted molar refractivity (Wildman–Crippen MR) is 141 cm³/mol. The van der Waals surface area contributed by atoms with Gasteiger partial charge in [0, 0.05) is 34.4 Å². The van der Waals surface area contributed by atoms with E-state index in [1.54, 1.807) is 17.4 Å². The first-order chi connectivity index (χ1) is 16.9. The Hall–Kier alpha value is -3.57. The normalized spacial score (nSPS) is 13.3. The summed E-state index contributed by atoms with van der Waals surface area (Å²) in [5.41, 5.74) is 13.2. The molecule has 5 N–H and O–H groups in total. The highest BCUT2D eigenvalue weighted by Crippen LogP contribution is 2.31. The Labute approximate surface area is 212 Å². The molecule has 4 rings (SSSR count). The second kappa shape index (κ2) is 13.4.